The van der Waals surface area contributed by atoms with Crippen LogP contribution in [0.25, 0.3) is 0 Å². The first-order chi connectivity index (χ1) is 3.97. The SMILES string of the molecule is [CH-]1CC2CCNC2=N1.[Li+]. The van der Waals surface area contributed by atoms with Crippen molar-refractivity contribution in [2.24, 2.45) is 10.9 Å². The molecule has 1 saturated heterocycles. The Hall–Kier alpha value is -0.0626. The largest absolute Gasteiger partial charge is 1.00 e. The molecule has 1 fully saturated rings. The maximum atomic E-state index is 4.18. The maximum absolute atomic E-state index is 4.18. The minimum atomic E-state index is 0. The van der Waals surface area contributed by atoms with Crippen LogP contribution in [0.3, 0.4) is 0 Å². The van der Waals surface area contributed by atoms with Crippen molar-refractivity contribution >= 4 is 5.84 Å². The van der Waals surface area contributed by atoms with Crippen molar-refractivity contribution in [2.75, 3.05) is 6.54 Å². The van der Waals surface area contributed by atoms with E-state index >= 15 is 0 Å². The molecule has 2 heterocycles. The van der Waals surface area contributed by atoms with Crippen LogP contribution < -0.4 is 24.2 Å². The predicted octanol–water partition coefficient (Wildman–Crippen LogP) is -2.44. The molecule has 0 saturated carbocycles. The zero-order chi connectivity index (χ0) is 5.40. The normalized spacial score (nSPS) is 29.3. The van der Waals surface area contributed by atoms with E-state index in [4.69, 9.17) is 0 Å². The number of rotatable bonds is 0. The third-order valence-corrected chi connectivity index (χ3v) is 1.81. The van der Waals surface area contributed by atoms with Gasteiger partial charge in [0.2, 0.25) is 0 Å². The number of fused-ring (bicyclic) bond motifs is 1. The summed E-state index contributed by atoms with van der Waals surface area (Å²) in [7, 11) is 0. The topological polar surface area (TPSA) is 24.4 Å². The smallest absolute Gasteiger partial charge is 0.450 e. The molecule has 9 heavy (non-hydrogen) atoms. The fraction of sp³-hybridized carbons (Fsp3) is 0.667. The van der Waals surface area contributed by atoms with Crippen LogP contribution in [0.2, 0.25) is 0 Å². The molecule has 1 N–H and O–H groups in total. The van der Waals surface area contributed by atoms with Gasteiger partial charge in [-0.1, -0.05) is 18.2 Å². The third kappa shape index (κ3) is 1.10. The summed E-state index contributed by atoms with van der Waals surface area (Å²) in [5, 5.41) is 3.24. The minimum absolute atomic E-state index is 0. The van der Waals surface area contributed by atoms with Gasteiger partial charge in [0.05, 0.1) is 0 Å². The second-order valence-electron chi connectivity index (χ2n) is 2.34. The minimum Gasteiger partial charge on any atom is -0.450 e. The summed E-state index contributed by atoms with van der Waals surface area (Å²) in [6, 6.07) is 0. The molecule has 1 atom stereocenters. The van der Waals surface area contributed by atoms with Gasteiger partial charge in [-0.25, -0.2) is 0 Å². The Kier molecular flexibility index (Phi) is 2.10. The molecule has 3 heteroatoms. The van der Waals surface area contributed by atoms with Gasteiger partial charge in [-0.2, -0.15) is 0 Å². The number of aliphatic imine (C=N–C) groups is 1. The van der Waals surface area contributed by atoms with Crippen LogP contribution in [0.5, 0.6) is 0 Å². The molecule has 0 aromatic carbocycles. The van der Waals surface area contributed by atoms with Crippen molar-refractivity contribution in [3.05, 3.63) is 6.54 Å². The molecule has 2 aliphatic heterocycles. The average Bonchev–Trinajstić information content (AvgIpc) is 2.15. The van der Waals surface area contributed by atoms with Gasteiger partial charge in [0, 0.05) is 0 Å². The Balaban J connectivity index is 0.000000405. The van der Waals surface area contributed by atoms with Crippen molar-refractivity contribution in [3.8, 4) is 0 Å². The molecule has 0 spiro atoms. The van der Waals surface area contributed by atoms with Gasteiger partial charge in [-0.05, 0) is 13.0 Å². The van der Waals surface area contributed by atoms with Gasteiger partial charge in [-0.15, -0.1) is 6.54 Å². The van der Waals surface area contributed by atoms with Crippen LogP contribution in [-0.4, -0.2) is 12.4 Å². The molecule has 44 valence electrons. The number of hydrogen-bond acceptors (Lipinski definition) is 2. The Morgan fingerprint density at radius 1 is 1.67 bits per heavy atom. The molecule has 0 bridgehead atoms. The molecular formula is C6H9LiN2. The Labute approximate surface area is 67.3 Å². The molecule has 0 aliphatic carbocycles. The van der Waals surface area contributed by atoms with Crippen LogP contribution in [0.15, 0.2) is 4.99 Å². The van der Waals surface area contributed by atoms with Gasteiger partial charge < -0.3 is 10.3 Å². The van der Waals surface area contributed by atoms with E-state index < -0.39 is 0 Å². The van der Waals surface area contributed by atoms with Gasteiger partial charge in [-0.3, -0.25) is 0 Å². The van der Waals surface area contributed by atoms with Crippen molar-refractivity contribution in [2.45, 2.75) is 12.8 Å². The summed E-state index contributed by atoms with van der Waals surface area (Å²) in [6.07, 6.45) is 2.46. The first-order valence-electron chi connectivity index (χ1n) is 3.10. The molecular weight excluding hydrogens is 107 g/mol. The maximum Gasteiger partial charge on any atom is 1.00 e. The standard InChI is InChI=1S/C6H9N2.Li/c1-3-7-6-5(1)2-4-8-6;/h3,5H,1-2,4H2,(H,7,8);/q-1;+1. The number of nitrogens with zero attached hydrogens (tertiary/aromatic N) is 1. The fourth-order valence-corrected chi connectivity index (χ4v) is 1.31. The van der Waals surface area contributed by atoms with Gasteiger partial charge in [0.1, 0.15) is 0 Å². The van der Waals surface area contributed by atoms with Crippen LogP contribution in [0, 0.1) is 12.5 Å². The molecule has 2 rings (SSSR count). The first-order valence-corrected chi connectivity index (χ1v) is 3.10. The van der Waals surface area contributed by atoms with Gasteiger partial charge in [0.15, 0.2) is 0 Å². The molecule has 1 unspecified atom stereocenters. The van der Waals surface area contributed by atoms with E-state index in [9.17, 15) is 0 Å². The van der Waals surface area contributed by atoms with E-state index in [0.717, 1.165) is 12.5 Å². The zero-order valence-electron chi connectivity index (χ0n) is 5.72. The monoisotopic (exact) mass is 116 g/mol. The van der Waals surface area contributed by atoms with E-state index in [-0.39, 0.29) is 18.9 Å². The van der Waals surface area contributed by atoms with Crippen molar-refractivity contribution in [1.82, 2.24) is 5.32 Å². The Morgan fingerprint density at radius 3 is 3.33 bits per heavy atom. The summed E-state index contributed by atoms with van der Waals surface area (Å²) in [5.74, 6) is 1.99. The Bertz CT molecular complexity index is 133. The molecule has 0 aromatic heterocycles. The van der Waals surface area contributed by atoms with E-state index in [1.165, 1.54) is 18.7 Å². The molecule has 2 nitrogen and oxygen atoms in total. The second kappa shape index (κ2) is 2.68. The van der Waals surface area contributed by atoms with E-state index in [1.807, 2.05) is 6.54 Å². The summed E-state index contributed by atoms with van der Waals surface area (Å²) in [5.41, 5.74) is 0. The molecule has 0 aromatic rings. The van der Waals surface area contributed by atoms with E-state index in [1.54, 1.807) is 0 Å². The number of hydrogen-bond donors (Lipinski definition) is 1. The summed E-state index contributed by atoms with van der Waals surface area (Å²) < 4.78 is 0. The van der Waals surface area contributed by atoms with Crippen LogP contribution in [0.1, 0.15) is 12.8 Å². The molecule has 0 radical (unpaired) electrons. The van der Waals surface area contributed by atoms with E-state index in [2.05, 4.69) is 10.3 Å². The summed E-state index contributed by atoms with van der Waals surface area (Å²) in [6.45, 7) is 3.14. The van der Waals surface area contributed by atoms with Crippen molar-refractivity contribution in [3.63, 3.8) is 0 Å². The number of amidine groups is 1. The molecule has 0 amide bonds. The second-order valence-corrected chi connectivity index (χ2v) is 2.34. The van der Waals surface area contributed by atoms with Crippen molar-refractivity contribution in [1.29, 1.82) is 0 Å². The Morgan fingerprint density at radius 2 is 2.56 bits per heavy atom. The van der Waals surface area contributed by atoms with E-state index in [0.29, 0.717) is 0 Å². The van der Waals surface area contributed by atoms with Crippen LogP contribution in [-0.2, 0) is 0 Å². The third-order valence-electron chi connectivity index (χ3n) is 1.81. The van der Waals surface area contributed by atoms with Crippen LogP contribution in [0.4, 0.5) is 0 Å². The predicted molar refractivity (Wildman–Crippen MR) is 32.5 cm³/mol. The first kappa shape index (κ1) is 7.05. The van der Waals surface area contributed by atoms with Crippen molar-refractivity contribution < 1.29 is 18.9 Å². The quantitative estimate of drug-likeness (QED) is 0.276. The number of nitrogens with one attached hydrogen (secondary N) is 1. The average molecular weight is 116 g/mol. The summed E-state index contributed by atoms with van der Waals surface area (Å²) >= 11 is 0. The summed E-state index contributed by atoms with van der Waals surface area (Å²) in [4.78, 5) is 4.18. The molecule has 2 aliphatic rings. The van der Waals surface area contributed by atoms with Gasteiger partial charge in [0.25, 0.3) is 0 Å². The van der Waals surface area contributed by atoms with Crippen LogP contribution >= 0.6 is 0 Å². The fourth-order valence-electron chi connectivity index (χ4n) is 1.31. The zero-order valence-corrected chi connectivity index (χ0v) is 5.72. The van der Waals surface area contributed by atoms with Gasteiger partial charge >= 0.3 is 18.9 Å².